The molecule has 1 unspecified atom stereocenters. The summed E-state index contributed by atoms with van der Waals surface area (Å²) in [7, 11) is 0. The molecule has 2 rings (SSSR count). The van der Waals surface area contributed by atoms with Gasteiger partial charge in [0.25, 0.3) is 0 Å². The van der Waals surface area contributed by atoms with Gasteiger partial charge in [-0.25, -0.2) is 4.98 Å². The van der Waals surface area contributed by atoms with Crippen LogP contribution in [0.1, 0.15) is 62.2 Å². The van der Waals surface area contributed by atoms with E-state index in [0.717, 1.165) is 5.01 Å². The molecule has 2 N–H and O–H groups in total. The molecular formula is C13H22N2S. The Morgan fingerprint density at radius 2 is 2.06 bits per heavy atom. The van der Waals surface area contributed by atoms with Crippen molar-refractivity contribution >= 4 is 11.3 Å². The SMILES string of the molecule is CC(C)C(N)c1nc2c(s1)CCCC2(C)C. The second-order valence-corrected chi connectivity index (χ2v) is 6.95. The fourth-order valence-corrected chi connectivity index (χ4v) is 3.77. The van der Waals surface area contributed by atoms with Crippen LogP contribution in [0.4, 0.5) is 0 Å². The van der Waals surface area contributed by atoms with Crippen molar-refractivity contribution in [2.24, 2.45) is 11.7 Å². The van der Waals surface area contributed by atoms with E-state index in [2.05, 4.69) is 27.7 Å². The summed E-state index contributed by atoms with van der Waals surface area (Å²) in [6, 6.07) is 0.103. The van der Waals surface area contributed by atoms with Gasteiger partial charge in [-0.2, -0.15) is 0 Å². The topological polar surface area (TPSA) is 38.9 Å². The molecule has 3 heteroatoms. The smallest absolute Gasteiger partial charge is 0.110 e. The zero-order valence-corrected chi connectivity index (χ0v) is 11.5. The summed E-state index contributed by atoms with van der Waals surface area (Å²) in [6.07, 6.45) is 3.74. The number of thiazole rings is 1. The normalized spacial score (nSPS) is 20.9. The quantitative estimate of drug-likeness (QED) is 0.857. The van der Waals surface area contributed by atoms with Crippen LogP contribution in [-0.2, 0) is 11.8 Å². The van der Waals surface area contributed by atoms with Crippen LogP contribution in [0.25, 0.3) is 0 Å². The van der Waals surface area contributed by atoms with Gasteiger partial charge >= 0.3 is 0 Å². The van der Waals surface area contributed by atoms with Crippen LogP contribution in [0, 0.1) is 5.92 Å². The lowest BCUT2D eigenvalue weighted by atomic mass is 9.79. The molecule has 0 saturated heterocycles. The lowest BCUT2D eigenvalue weighted by Gasteiger charge is -2.28. The van der Waals surface area contributed by atoms with E-state index in [4.69, 9.17) is 10.7 Å². The van der Waals surface area contributed by atoms with Crippen molar-refractivity contribution in [3.05, 3.63) is 15.6 Å². The molecular weight excluding hydrogens is 216 g/mol. The van der Waals surface area contributed by atoms with Gasteiger partial charge in [0.15, 0.2) is 0 Å². The van der Waals surface area contributed by atoms with Crippen LogP contribution in [0.3, 0.4) is 0 Å². The number of nitrogens with zero attached hydrogens (tertiary/aromatic N) is 1. The van der Waals surface area contributed by atoms with Crippen LogP contribution < -0.4 is 5.73 Å². The first-order valence-corrected chi connectivity index (χ1v) is 6.99. The van der Waals surface area contributed by atoms with Gasteiger partial charge in [-0.3, -0.25) is 0 Å². The Morgan fingerprint density at radius 1 is 1.38 bits per heavy atom. The minimum absolute atomic E-state index is 0.103. The molecule has 0 saturated carbocycles. The van der Waals surface area contributed by atoms with Crippen molar-refractivity contribution in [3.8, 4) is 0 Å². The molecule has 0 radical (unpaired) electrons. The molecule has 16 heavy (non-hydrogen) atoms. The Kier molecular flexibility index (Phi) is 3.10. The Balaban J connectivity index is 2.36. The molecule has 90 valence electrons. The molecule has 2 nitrogen and oxygen atoms in total. The number of aromatic nitrogens is 1. The van der Waals surface area contributed by atoms with Crippen molar-refractivity contribution in [2.75, 3.05) is 0 Å². The predicted molar refractivity (Wildman–Crippen MR) is 69.8 cm³/mol. The Labute approximate surface area is 102 Å². The second-order valence-electron chi connectivity index (χ2n) is 5.83. The van der Waals surface area contributed by atoms with E-state index in [-0.39, 0.29) is 11.5 Å². The van der Waals surface area contributed by atoms with Crippen LogP contribution in [0.15, 0.2) is 0 Å². The molecule has 0 bridgehead atoms. The van der Waals surface area contributed by atoms with Crippen LogP contribution in [0.2, 0.25) is 0 Å². The third kappa shape index (κ3) is 2.03. The van der Waals surface area contributed by atoms with E-state index in [1.807, 2.05) is 11.3 Å². The number of nitrogens with two attached hydrogens (primary N) is 1. The Hall–Kier alpha value is -0.410. The second kappa shape index (κ2) is 4.11. The number of aryl methyl sites for hydroxylation is 1. The third-order valence-electron chi connectivity index (χ3n) is 3.56. The van der Waals surface area contributed by atoms with Gasteiger partial charge in [0.2, 0.25) is 0 Å². The molecule has 0 aliphatic heterocycles. The number of hydrogen-bond donors (Lipinski definition) is 1. The monoisotopic (exact) mass is 238 g/mol. The highest BCUT2D eigenvalue weighted by Gasteiger charge is 2.32. The van der Waals surface area contributed by atoms with Crippen LogP contribution in [-0.4, -0.2) is 4.98 Å². The first-order valence-electron chi connectivity index (χ1n) is 6.17. The average molecular weight is 238 g/mol. The van der Waals surface area contributed by atoms with Crippen molar-refractivity contribution in [1.29, 1.82) is 0 Å². The van der Waals surface area contributed by atoms with E-state index in [1.54, 1.807) is 0 Å². The van der Waals surface area contributed by atoms with E-state index < -0.39 is 0 Å². The maximum absolute atomic E-state index is 6.19. The maximum Gasteiger partial charge on any atom is 0.110 e. The van der Waals surface area contributed by atoms with Crippen LogP contribution >= 0.6 is 11.3 Å². The van der Waals surface area contributed by atoms with Crippen LogP contribution in [0.5, 0.6) is 0 Å². The van der Waals surface area contributed by atoms with Gasteiger partial charge in [-0.05, 0) is 25.2 Å². The summed E-state index contributed by atoms with van der Waals surface area (Å²) in [4.78, 5) is 6.29. The summed E-state index contributed by atoms with van der Waals surface area (Å²) in [5.41, 5.74) is 7.75. The molecule has 1 aliphatic carbocycles. The van der Waals surface area contributed by atoms with Gasteiger partial charge in [0.1, 0.15) is 5.01 Å². The van der Waals surface area contributed by atoms with E-state index in [1.165, 1.54) is 29.8 Å². The summed E-state index contributed by atoms with van der Waals surface area (Å²) in [5, 5.41) is 1.13. The Morgan fingerprint density at radius 3 is 2.62 bits per heavy atom. The lowest BCUT2D eigenvalue weighted by Crippen LogP contribution is -2.23. The highest BCUT2D eigenvalue weighted by atomic mass is 32.1. The largest absolute Gasteiger partial charge is 0.322 e. The van der Waals surface area contributed by atoms with E-state index in [0.29, 0.717) is 5.92 Å². The first kappa shape index (κ1) is 12.1. The minimum Gasteiger partial charge on any atom is -0.322 e. The van der Waals surface area contributed by atoms with Crippen molar-refractivity contribution in [1.82, 2.24) is 4.98 Å². The summed E-state index contributed by atoms with van der Waals surface area (Å²) in [5.74, 6) is 0.468. The number of hydrogen-bond acceptors (Lipinski definition) is 3. The van der Waals surface area contributed by atoms with Gasteiger partial charge in [-0.15, -0.1) is 11.3 Å². The molecule has 1 heterocycles. The number of fused-ring (bicyclic) bond motifs is 1. The van der Waals surface area contributed by atoms with Gasteiger partial charge < -0.3 is 5.73 Å². The van der Waals surface area contributed by atoms with Crippen molar-refractivity contribution < 1.29 is 0 Å². The average Bonchev–Trinajstić information content (AvgIpc) is 2.61. The van der Waals surface area contributed by atoms with Gasteiger partial charge in [0.05, 0.1) is 11.7 Å². The minimum atomic E-state index is 0.103. The zero-order chi connectivity index (χ0) is 11.9. The summed E-state index contributed by atoms with van der Waals surface area (Å²) in [6.45, 7) is 8.93. The molecule has 0 aromatic carbocycles. The first-order chi connectivity index (χ1) is 7.42. The van der Waals surface area contributed by atoms with E-state index in [9.17, 15) is 0 Å². The zero-order valence-electron chi connectivity index (χ0n) is 10.7. The Bertz CT molecular complexity index is 379. The standard InChI is InChI=1S/C13H22N2S/c1-8(2)10(14)12-15-11-9(16-12)6-5-7-13(11,3)4/h8,10H,5-7,14H2,1-4H3. The third-order valence-corrected chi connectivity index (χ3v) is 4.78. The number of rotatable bonds is 2. The molecule has 0 amide bonds. The van der Waals surface area contributed by atoms with Crippen molar-refractivity contribution in [2.45, 2.75) is 58.4 Å². The summed E-state index contributed by atoms with van der Waals surface area (Å²) < 4.78 is 0. The predicted octanol–water partition coefficient (Wildman–Crippen LogP) is 3.41. The fraction of sp³-hybridized carbons (Fsp3) is 0.769. The summed E-state index contributed by atoms with van der Waals surface area (Å²) >= 11 is 1.84. The molecule has 1 aromatic rings. The molecule has 0 spiro atoms. The lowest BCUT2D eigenvalue weighted by molar-refractivity contribution is 0.420. The highest BCUT2D eigenvalue weighted by Crippen LogP contribution is 2.40. The fourth-order valence-electron chi connectivity index (χ4n) is 2.31. The molecule has 0 fully saturated rings. The van der Waals surface area contributed by atoms with Crippen molar-refractivity contribution in [3.63, 3.8) is 0 Å². The molecule has 1 aromatic heterocycles. The van der Waals surface area contributed by atoms with E-state index >= 15 is 0 Å². The highest BCUT2D eigenvalue weighted by molar-refractivity contribution is 7.11. The maximum atomic E-state index is 6.19. The molecule has 1 aliphatic rings. The van der Waals surface area contributed by atoms with Gasteiger partial charge in [-0.1, -0.05) is 27.7 Å². The van der Waals surface area contributed by atoms with Gasteiger partial charge in [0, 0.05) is 10.3 Å². The molecule has 1 atom stereocenters.